The number of hydrogen-bond acceptors (Lipinski definition) is 5. The lowest BCUT2D eigenvalue weighted by molar-refractivity contribution is 0.0566. The highest BCUT2D eigenvalue weighted by Gasteiger charge is 2.26. The van der Waals surface area contributed by atoms with Crippen LogP contribution in [0.5, 0.6) is 0 Å². The third-order valence-corrected chi connectivity index (χ3v) is 3.74. The summed E-state index contributed by atoms with van der Waals surface area (Å²) in [5.74, 6) is -0.551. The zero-order valence-corrected chi connectivity index (χ0v) is 14.2. The standard InChI is InChI=1S/C17H22N4O4/c1-3-6-19-15(22)13-5-7-18-14(12-13)16(23)20-8-10-21(11-9-20)17(24)25-4-2/h3,5,7,12H,1,4,6,8-11H2,2H3,(H,19,22). The van der Waals surface area contributed by atoms with Gasteiger partial charge in [-0.25, -0.2) is 4.79 Å². The van der Waals surface area contributed by atoms with Gasteiger partial charge in [-0.15, -0.1) is 6.58 Å². The van der Waals surface area contributed by atoms with Crippen LogP contribution in [0.4, 0.5) is 4.79 Å². The van der Waals surface area contributed by atoms with E-state index in [1.54, 1.807) is 28.9 Å². The minimum atomic E-state index is -0.367. The van der Waals surface area contributed by atoms with Gasteiger partial charge >= 0.3 is 6.09 Å². The number of nitrogens with zero attached hydrogens (tertiary/aromatic N) is 3. The third-order valence-electron chi connectivity index (χ3n) is 3.74. The molecule has 0 saturated carbocycles. The quantitative estimate of drug-likeness (QED) is 0.800. The van der Waals surface area contributed by atoms with Gasteiger partial charge in [0.25, 0.3) is 11.8 Å². The van der Waals surface area contributed by atoms with Gasteiger partial charge in [-0.3, -0.25) is 14.6 Å². The maximum atomic E-state index is 12.6. The van der Waals surface area contributed by atoms with Crippen molar-refractivity contribution >= 4 is 17.9 Å². The number of hydrogen-bond donors (Lipinski definition) is 1. The predicted molar refractivity (Wildman–Crippen MR) is 91.3 cm³/mol. The van der Waals surface area contributed by atoms with Crippen LogP contribution in [0, 0.1) is 0 Å². The molecule has 0 aliphatic carbocycles. The van der Waals surface area contributed by atoms with Crippen molar-refractivity contribution in [1.82, 2.24) is 20.1 Å². The van der Waals surface area contributed by atoms with Gasteiger partial charge in [-0.05, 0) is 19.1 Å². The Kier molecular flexibility index (Phi) is 6.50. The minimum absolute atomic E-state index is 0.204. The lowest BCUT2D eigenvalue weighted by atomic mass is 10.2. The molecule has 8 heteroatoms. The summed E-state index contributed by atoms with van der Waals surface area (Å²) < 4.78 is 4.96. The van der Waals surface area contributed by atoms with E-state index in [1.165, 1.54) is 12.3 Å². The number of amides is 3. The number of pyridine rings is 1. The van der Waals surface area contributed by atoms with Gasteiger partial charge in [-0.1, -0.05) is 6.08 Å². The Hall–Kier alpha value is -2.90. The zero-order valence-electron chi connectivity index (χ0n) is 14.2. The van der Waals surface area contributed by atoms with E-state index in [1.807, 2.05) is 0 Å². The summed E-state index contributed by atoms with van der Waals surface area (Å²) in [4.78, 5) is 43.5. The summed E-state index contributed by atoms with van der Waals surface area (Å²) in [6.07, 6.45) is 2.65. The van der Waals surface area contributed by atoms with E-state index in [0.29, 0.717) is 44.9 Å². The second kappa shape index (κ2) is 8.81. The third kappa shape index (κ3) is 4.79. The first-order valence-electron chi connectivity index (χ1n) is 8.13. The molecule has 1 aliphatic heterocycles. The number of carbonyl (C=O) groups excluding carboxylic acids is 3. The van der Waals surface area contributed by atoms with Crippen molar-refractivity contribution in [3.8, 4) is 0 Å². The number of rotatable bonds is 5. The molecule has 0 aromatic carbocycles. The number of nitrogens with one attached hydrogen (secondary N) is 1. The molecule has 3 amide bonds. The Labute approximate surface area is 146 Å². The molecule has 25 heavy (non-hydrogen) atoms. The Morgan fingerprint density at radius 2 is 1.96 bits per heavy atom. The molecule has 0 unspecified atom stereocenters. The zero-order chi connectivity index (χ0) is 18.2. The van der Waals surface area contributed by atoms with Gasteiger partial charge in [-0.2, -0.15) is 0 Å². The Balaban J connectivity index is 1.98. The normalized spacial score (nSPS) is 14.0. The van der Waals surface area contributed by atoms with Crippen LogP contribution in [0.15, 0.2) is 31.0 Å². The Morgan fingerprint density at radius 1 is 1.28 bits per heavy atom. The molecule has 1 saturated heterocycles. The van der Waals surface area contributed by atoms with E-state index < -0.39 is 0 Å². The molecule has 2 rings (SSSR count). The molecule has 1 aromatic heterocycles. The van der Waals surface area contributed by atoms with E-state index in [9.17, 15) is 14.4 Å². The molecule has 1 aliphatic rings. The van der Waals surface area contributed by atoms with E-state index >= 15 is 0 Å². The van der Waals surface area contributed by atoms with Crippen LogP contribution >= 0.6 is 0 Å². The van der Waals surface area contributed by atoms with Crippen molar-refractivity contribution in [2.75, 3.05) is 39.3 Å². The van der Waals surface area contributed by atoms with E-state index in [2.05, 4.69) is 16.9 Å². The average molecular weight is 346 g/mol. The summed E-state index contributed by atoms with van der Waals surface area (Å²) in [5, 5.41) is 2.66. The molecular formula is C17H22N4O4. The van der Waals surface area contributed by atoms with Crippen molar-refractivity contribution in [1.29, 1.82) is 0 Å². The highest BCUT2D eigenvalue weighted by atomic mass is 16.6. The maximum absolute atomic E-state index is 12.6. The molecule has 0 bridgehead atoms. The first-order valence-corrected chi connectivity index (χ1v) is 8.13. The molecule has 0 radical (unpaired) electrons. The molecule has 0 spiro atoms. The first kappa shape index (κ1) is 18.4. The topological polar surface area (TPSA) is 91.8 Å². The smallest absolute Gasteiger partial charge is 0.409 e. The minimum Gasteiger partial charge on any atom is -0.450 e. The molecule has 2 heterocycles. The molecule has 1 N–H and O–H groups in total. The fourth-order valence-electron chi connectivity index (χ4n) is 2.42. The second-order valence-electron chi connectivity index (χ2n) is 5.41. The summed E-state index contributed by atoms with van der Waals surface area (Å²) in [6.45, 7) is 7.56. The molecule has 0 atom stereocenters. The summed E-state index contributed by atoms with van der Waals surface area (Å²) in [5.41, 5.74) is 0.571. The Bertz CT molecular complexity index is 654. The number of aromatic nitrogens is 1. The molecule has 134 valence electrons. The van der Waals surface area contributed by atoms with E-state index in [0.717, 1.165) is 0 Å². The maximum Gasteiger partial charge on any atom is 0.409 e. The number of ether oxygens (including phenoxy) is 1. The predicted octanol–water partition coefficient (Wildman–Crippen LogP) is 0.912. The first-order chi connectivity index (χ1) is 12.1. The summed E-state index contributed by atoms with van der Waals surface area (Å²) in [6, 6.07) is 3.02. The largest absolute Gasteiger partial charge is 0.450 e. The van der Waals surface area contributed by atoms with Crippen molar-refractivity contribution in [2.45, 2.75) is 6.92 Å². The molecule has 8 nitrogen and oxygen atoms in total. The Morgan fingerprint density at radius 3 is 2.60 bits per heavy atom. The lowest BCUT2D eigenvalue weighted by Gasteiger charge is -2.33. The van der Waals surface area contributed by atoms with Gasteiger partial charge in [0.15, 0.2) is 0 Å². The lowest BCUT2D eigenvalue weighted by Crippen LogP contribution is -2.50. The van der Waals surface area contributed by atoms with Crippen molar-refractivity contribution in [2.24, 2.45) is 0 Å². The molecule has 1 fully saturated rings. The van der Waals surface area contributed by atoms with E-state index in [-0.39, 0.29) is 23.6 Å². The van der Waals surface area contributed by atoms with E-state index in [4.69, 9.17) is 4.74 Å². The van der Waals surface area contributed by atoms with Crippen LogP contribution < -0.4 is 5.32 Å². The fourth-order valence-corrected chi connectivity index (χ4v) is 2.42. The number of piperazine rings is 1. The molecular weight excluding hydrogens is 324 g/mol. The van der Waals surface area contributed by atoms with Gasteiger partial charge < -0.3 is 19.9 Å². The highest BCUT2D eigenvalue weighted by molar-refractivity contribution is 5.98. The van der Waals surface area contributed by atoms with Crippen molar-refractivity contribution < 1.29 is 19.1 Å². The van der Waals surface area contributed by atoms with Gasteiger partial charge in [0.05, 0.1) is 6.61 Å². The van der Waals surface area contributed by atoms with Crippen molar-refractivity contribution in [3.63, 3.8) is 0 Å². The summed E-state index contributed by atoms with van der Waals surface area (Å²) >= 11 is 0. The second-order valence-corrected chi connectivity index (χ2v) is 5.41. The van der Waals surface area contributed by atoms with Crippen LogP contribution in [0.3, 0.4) is 0 Å². The van der Waals surface area contributed by atoms with Crippen LogP contribution in [-0.2, 0) is 4.74 Å². The average Bonchev–Trinajstić information content (AvgIpc) is 2.66. The molecule has 1 aromatic rings. The monoisotopic (exact) mass is 346 g/mol. The van der Waals surface area contributed by atoms with Gasteiger partial charge in [0, 0.05) is 44.5 Å². The van der Waals surface area contributed by atoms with Gasteiger partial charge in [0.2, 0.25) is 0 Å². The summed E-state index contributed by atoms with van der Waals surface area (Å²) in [7, 11) is 0. The van der Waals surface area contributed by atoms with Crippen LogP contribution in [0.25, 0.3) is 0 Å². The van der Waals surface area contributed by atoms with Crippen LogP contribution in [-0.4, -0.2) is 72.0 Å². The van der Waals surface area contributed by atoms with Crippen LogP contribution in [0.2, 0.25) is 0 Å². The number of carbonyl (C=O) groups is 3. The SMILES string of the molecule is C=CCNC(=O)c1ccnc(C(=O)N2CCN(C(=O)OCC)CC2)c1. The highest BCUT2D eigenvalue weighted by Crippen LogP contribution is 2.10. The van der Waals surface area contributed by atoms with Crippen molar-refractivity contribution in [3.05, 3.63) is 42.2 Å². The fraction of sp³-hybridized carbons (Fsp3) is 0.412. The van der Waals surface area contributed by atoms with Gasteiger partial charge in [0.1, 0.15) is 5.69 Å². The van der Waals surface area contributed by atoms with Crippen LogP contribution in [0.1, 0.15) is 27.8 Å².